The highest BCUT2D eigenvalue weighted by atomic mass is 79.9. The molecule has 0 fully saturated rings. The minimum absolute atomic E-state index is 0.0751. The first-order valence-electron chi connectivity index (χ1n) is 4.48. The first kappa shape index (κ1) is 14.4. The maximum absolute atomic E-state index is 13.6. The third-order valence-electron chi connectivity index (χ3n) is 2.04. The van der Waals surface area contributed by atoms with Gasteiger partial charge in [0.1, 0.15) is 11.9 Å². The number of nitrogens with zero attached hydrogens (tertiary/aromatic N) is 3. The quantitative estimate of drug-likeness (QED) is 0.486. The molecule has 0 bridgehead atoms. The van der Waals surface area contributed by atoms with Gasteiger partial charge in [0.15, 0.2) is 0 Å². The van der Waals surface area contributed by atoms with Gasteiger partial charge in [0.05, 0.1) is 12.6 Å². The summed E-state index contributed by atoms with van der Waals surface area (Å²) in [5.74, 6) is -0.668. The Morgan fingerprint density at radius 2 is 2.06 bits per heavy atom. The summed E-state index contributed by atoms with van der Waals surface area (Å²) in [5.41, 5.74) is 8.01. The lowest BCUT2D eigenvalue weighted by Gasteiger charge is -2.18. The number of halogens is 3. The highest BCUT2D eigenvalue weighted by molar-refractivity contribution is 9.11. The molecule has 0 heterocycles. The number of aliphatic hydroxyl groups is 2. The molecule has 2 N–H and O–H groups in total. The van der Waals surface area contributed by atoms with E-state index in [0.717, 1.165) is 0 Å². The molecule has 0 spiro atoms. The minimum atomic E-state index is -1.47. The normalized spacial score (nSPS) is 13.9. The summed E-state index contributed by atoms with van der Waals surface area (Å²) < 4.78 is 14.4. The summed E-state index contributed by atoms with van der Waals surface area (Å²) in [5, 5.41) is 22.4. The van der Waals surface area contributed by atoms with Crippen LogP contribution in [0, 0.1) is 5.82 Å². The second-order valence-corrected chi connectivity index (χ2v) is 4.98. The van der Waals surface area contributed by atoms with Crippen LogP contribution < -0.4 is 0 Å². The molecule has 1 aromatic rings. The Kier molecular flexibility index (Phi) is 5.35. The highest BCUT2D eigenvalue weighted by Gasteiger charge is 2.23. The van der Waals surface area contributed by atoms with E-state index in [1.54, 1.807) is 6.07 Å². The first-order chi connectivity index (χ1) is 7.97. The van der Waals surface area contributed by atoms with Crippen molar-refractivity contribution in [2.75, 3.05) is 6.54 Å². The summed E-state index contributed by atoms with van der Waals surface area (Å²) in [6.07, 6.45) is -2.83. The van der Waals surface area contributed by atoms with Gasteiger partial charge in [-0.3, -0.25) is 0 Å². The van der Waals surface area contributed by atoms with Crippen molar-refractivity contribution in [1.82, 2.24) is 0 Å². The number of aliphatic hydroxyl groups excluding tert-OH is 2. The van der Waals surface area contributed by atoms with Crippen LogP contribution in [0.3, 0.4) is 0 Å². The number of azide groups is 1. The van der Waals surface area contributed by atoms with Crippen molar-refractivity contribution < 1.29 is 14.6 Å². The Morgan fingerprint density at radius 1 is 1.41 bits per heavy atom. The third kappa shape index (κ3) is 3.65. The molecule has 8 heteroatoms. The average molecular weight is 369 g/mol. The molecule has 0 aliphatic heterocycles. The van der Waals surface area contributed by atoms with Gasteiger partial charge in [0.25, 0.3) is 0 Å². The Bertz CT molecular complexity index is 443. The second-order valence-electron chi connectivity index (χ2n) is 3.21. The standard InChI is InChI=1S/C9H8Br2FN3O2/c10-4-1-5(11)8(6(12)2-4)9(17)7(16)3-14-15-13/h1-2,7,9,16-17H,3H2. The van der Waals surface area contributed by atoms with E-state index in [9.17, 15) is 14.6 Å². The fraction of sp³-hybridized carbons (Fsp3) is 0.333. The van der Waals surface area contributed by atoms with Crippen LogP contribution in [-0.4, -0.2) is 22.9 Å². The molecule has 5 nitrogen and oxygen atoms in total. The van der Waals surface area contributed by atoms with Crippen LogP contribution in [0.15, 0.2) is 26.2 Å². The fourth-order valence-corrected chi connectivity index (χ4v) is 2.66. The van der Waals surface area contributed by atoms with Crippen molar-refractivity contribution in [3.8, 4) is 0 Å². The molecule has 1 rings (SSSR count). The van der Waals surface area contributed by atoms with Crippen LogP contribution in [0.25, 0.3) is 10.4 Å². The van der Waals surface area contributed by atoms with Crippen LogP contribution in [0.5, 0.6) is 0 Å². The number of hydrogen-bond donors (Lipinski definition) is 2. The fourth-order valence-electron chi connectivity index (χ4n) is 1.25. The lowest BCUT2D eigenvalue weighted by Crippen LogP contribution is -2.22. The van der Waals surface area contributed by atoms with Gasteiger partial charge in [-0.25, -0.2) is 4.39 Å². The van der Waals surface area contributed by atoms with Crippen LogP contribution in [0.2, 0.25) is 0 Å². The zero-order chi connectivity index (χ0) is 13.0. The Balaban J connectivity index is 3.03. The van der Waals surface area contributed by atoms with Gasteiger partial charge in [-0.1, -0.05) is 37.0 Å². The van der Waals surface area contributed by atoms with Crippen LogP contribution in [0.1, 0.15) is 11.7 Å². The number of hydrogen-bond acceptors (Lipinski definition) is 3. The van der Waals surface area contributed by atoms with E-state index in [4.69, 9.17) is 5.53 Å². The van der Waals surface area contributed by atoms with Gasteiger partial charge in [-0.05, 0) is 17.7 Å². The smallest absolute Gasteiger partial charge is 0.131 e. The zero-order valence-corrected chi connectivity index (χ0v) is 11.6. The van der Waals surface area contributed by atoms with E-state index in [2.05, 4.69) is 41.9 Å². The maximum atomic E-state index is 13.6. The van der Waals surface area contributed by atoms with Crippen molar-refractivity contribution in [1.29, 1.82) is 0 Å². The predicted molar refractivity (Wildman–Crippen MR) is 66.8 cm³/mol. The van der Waals surface area contributed by atoms with E-state index < -0.39 is 18.0 Å². The SMILES string of the molecule is [N-]=[N+]=NCC(O)C(O)c1c(F)cc(Br)cc1Br. The maximum Gasteiger partial charge on any atom is 0.131 e. The summed E-state index contributed by atoms with van der Waals surface area (Å²) in [4.78, 5) is 2.45. The van der Waals surface area contributed by atoms with Gasteiger partial charge < -0.3 is 10.2 Å². The van der Waals surface area contributed by atoms with Crippen molar-refractivity contribution >= 4 is 31.9 Å². The molecule has 2 atom stereocenters. The van der Waals surface area contributed by atoms with Crippen molar-refractivity contribution in [3.05, 3.63) is 42.9 Å². The summed E-state index contributed by atoms with van der Waals surface area (Å²) in [7, 11) is 0. The van der Waals surface area contributed by atoms with Gasteiger partial charge in [-0.2, -0.15) is 0 Å². The molecule has 0 saturated heterocycles. The Hall–Kier alpha value is -0.660. The van der Waals surface area contributed by atoms with Gasteiger partial charge in [-0.15, -0.1) is 0 Å². The molecule has 0 aromatic heterocycles. The topological polar surface area (TPSA) is 89.2 Å². The summed E-state index contributed by atoms with van der Waals surface area (Å²) in [6.45, 7) is -0.334. The predicted octanol–water partition coefficient (Wildman–Crippen LogP) is 3.06. The van der Waals surface area contributed by atoms with Crippen LogP contribution in [0.4, 0.5) is 4.39 Å². The molecule has 0 radical (unpaired) electrons. The van der Waals surface area contributed by atoms with Gasteiger partial charge >= 0.3 is 0 Å². The van der Waals surface area contributed by atoms with Crippen molar-refractivity contribution in [2.24, 2.45) is 5.11 Å². The average Bonchev–Trinajstić information content (AvgIpc) is 2.24. The molecular weight excluding hydrogens is 361 g/mol. The lowest BCUT2D eigenvalue weighted by atomic mass is 10.0. The molecule has 17 heavy (non-hydrogen) atoms. The Morgan fingerprint density at radius 3 is 2.59 bits per heavy atom. The first-order valence-corrected chi connectivity index (χ1v) is 6.07. The van der Waals surface area contributed by atoms with Gasteiger partial charge in [0.2, 0.25) is 0 Å². The summed E-state index contributed by atoms with van der Waals surface area (Å²) in [6, 6.07) is 2.71. The zero-order valence-electron chi connectivity index (χ0n) is 8.39. The molecule has 0 amide bonds. The molecule has 2 unspecified atom stereocenters. The molecule has 0 aliphatic rings. The van der Waals surface area contributed by atoms with Crippen molar-refractivity contribution in [3.63, 3.8) is 0 Å². The largest absolute Gasteiger partial charge is 0.390 e. The minimum Gasteiger partial charge on any atom is -0.390 e. The molecule has 0 saturated carbocycles. The Labute approximate surface area is 113 Å². The highest BCUT2D eigenvalue weighted by Crippen LogP contribution is 2.31. The van der Waals surface area contributed by atoms with E-state index in [1.165, 1.54) is 6.07 Å². The monoisotopic (exact) mass is 367 g/mol. The van der Waals surface area contributed by atoms with E-state index in [-0.39, 0.29) is 12.1 Å². The van der Waals surface area contributed by atoms with E-state index in [0.29, 0.717) is 8.95 Å². The number of benzene rings is 1. The third-order valence-corrected chi connectivity index (χ3v) is 3.15. The number of rotatable bonds is 4. The molecular formula is C9H8Br2FN3O2. The molecule has 92 valence electrons. The lowest BCUT2D eigenvalue weighted by molar-refractivity contribution is 0.0218. The van der Waals surface area contributed by atoms with E-state index >= 15 is 0 Å². The van der Waals surface area contributed by atoms with Crippen molar-refractivity contribution in [2.45, 2.75) is 12.2 Å². The van der Waals surface area contributed by atoms with Crippen LogP contribution >= 0.6 is 31.9 Å². The molecule has 0 aliphatic carbocycles. The van der Waals surface area contributed by atoms with E-state index in [1.807, 2.05) is 0 Å². The van der Waals surface area contributed by atoms with Crippen LogP contribution in [-0.2, 0) is 0 Å². The summed E-state index contributed by atoms with van der Waals surface area (Å²) >= 11 is 6.18. The van der Waals surface area contributed by atoms with Gasteiger partial charge in [0, 0.05) is 19.4 Å². The molecule has 1 aromatic carbocycles. The second kappa shape index (κ2) is 6.32.